The second kappa shape index (κ2) is 4.03. The zero-order valence-corrected chi connectivity index (χ0v) is 7.28. The largest absolute Gasteiger partial charge is 0.480 e. The first-order chi connectivity index (χ1) is 4.48. The maximum Gasteiger partial charge on any atom is 0.317 e. The van der Waals surface area contributed by atoms with Gasteiger partial charge in [-0.25, -0.2) is 0 Å². The lowest BCUT2D eigenvalue weighted by atomic mass is 10.7. The summed E-state index contributed by atoms with van der Waals surface area (Å²) in [4.78, 5) is 19.1. The van der Waals surface area contributed by atoms with E-state index in [-0.39, 0.29) is 6.54 Å². The highest BCUT2D eigenvalue weighted by Crippen LogP contribution is 2.33. The van der Waals surface area contributed by atoms with Crippen LogP contribution in [-0.2, 0) is 16.6 Å². The average molecular weight is 183 g/mol. The molecule has 0 aromatic rings. The minimum absolute atomic E-state index is 0.262. The Morgan fingerprint density at radius 1 is 1.80 bits per heavy atom. The second-order valence-corrected chi connectivity index (χ2v) is 5.91. The molecule has 0 radical (unpaired) electrons. The van der Waals surface area contributed by atoms with Crippen LogP contribution in [0.25, 0.3) is 0 Å². The predicted molar refractivity (Wildman–Crippen MR) is 42.7 cm³/mol. The Kier molecular flexibility index (Phi) is 4.05. The number of hydrogen-bond donors (Lipinski definition) is 3. The molecule has 0 saturated carbocycles. The summed E-state index contributed by atoms with van der Waals surface area (Å²) >= 11 is 4.66. The fourth-order valence-corrected chi connectivity index (χ4v) is 1.10. The summed E-state index contributed by atoms with van der Waals surface area (Å²) in [6, 6.07) is 0. The van der Waals surface area contributed by atoms with E-state index in [1.54, 1.807) is 6.92 Å². The first-order valence-electron chi connectivity index (χ1n) is 2.76. The Bertz CT molecular complexity index is 172. The molecule has 0 rings (SSSR count). The van der Waals surface area contributed by atoms with Crippen molar-refractivity contribution >= 4 is 24.2 Å². The fraction of sp³-hybridized carbons (Fsp3) is 0.750. The summed E-state index contributed by atoms with van der Waals surface area (Å²) in [5.41, 5.74) is 0. The fourth-order valence-electron chi connectivity index (χ4n) is 0.303. The summed E-state index contributed by atoms with van der Waals surface area (Å²) < 4.78 is 0. The van der Waals surface area contributed by atoms with Gasteiger partial charge in [0.15, 0.2) is 0 Å². The molecule has 1 unspecified atom stereocenters. The Morgan fingerprint density at radius 3 is 2.60 bits per heavy atom. The van der Waals surface area contributed by atoms with Crippen molar-refractivity contribution in [2.45, 2.75) is 6.92 Å². The van der Waals surface area contributed by atoms with Crippen LogP contribution in [-0.4, -0.2) is 28.7 Å². The topological polar surface area (TPSA) is 69.6 Å². The lowest BCUT2D eigenvalue weighted by Crippen LogP contribution is -2.20. The number of carbonyl (C=O) groups is 1. The molecule has 60 valence electrons. The highest BCUT2D eigenvalue weighted by molar-refractivity contribution is 8.10. The molecular formula is C4H10NO3PS. The summed E-state index contributed by atoms with van der Waals surface area (Å²) in [6.45, 7) is 1.46. The van der Waals surface area contributed by atoms with Crippen molar-refractivity contribution in [1.82, 2.24) is 5.09 Å². The normalized spacial score (nSPS) is 16.2. The van der Waals surface area contributed by atoms with Crippen LogP contribution in [0.4, 0.5) is 0 Å². The van der Waals surface area contributed by atoms with Gasteiger partial charge in [-0.15, -0.1) is 0 Å². The van der Waals surface area contributed by atoms with Gasteiger partial charge >= 0.3 is 5.97 Å². The van der Waals surface area contributed by atoms with Gasteiger partial charge in [0.2, 0.25) is 0 Å². The van der Waals surface area contributed by atoms with Crippen LogP contribution in [0.1, 0.15) is 6.92 Å². The minimum Gasteiger partial charge on any atom is -0.480 e. The summed E-state index contributed by atoms with van der Waals surface area (Å²) in [6.07, 6.45) is -2.11. The van der Waals surface area contributed by atoms with Crippen LogP contribution < -0.4 is 5.09 Å². The lowest BCUT2D eigenvalue weighted by Gasteiger charge is -2.11. The van der Waals surface area contributed by atoms with Crippen LogP contribution in [0.3, 0.4) is 0 Å². The molecule has 10 heavy (non-hydrogen) atoms. The second-order valence-electron chi connectivity index (χ2n) is 1.75. The Labute approximate surface area is 64.4 Å². The molecule has 3 N–H and O–H groups in total. The molecule has 6 heteroatoms. The third kappa shape index (κ3) is 4.88. The van der Waals surface area contributed by atoms with Gasteiger partial charge in [-0.3, -0.25) is 9.88 Å². The SMILES string of the molecule is CCP(O)(=S)NCC(=O)O. The summed E-state index contributed by atoms with van der Waals surface area (Å²) in [7, 11) is 0. The van der Waals surface area contributed by atoms with Crippen molar-refractivity contribution in [1.29, 1.82) is 0 Å². The van der Waals surface area contributed by atoms with Crippen LogP contribution in [0.2, 0.25) is 0 Å². The third-order valence-corrected chi connectivity index (χ3v) is 3.58. The molecule has 0 aliphatic rings. The number of hydrogen-bond acceptors (Lipinski definition) is 2. The molecule has 0 aliphatic carbocycles. The van der Waals surface area contributed by atoms with Gasteiger partial charge < -0.3 is 10.00 Å². The van der Waals surface area contributed by atoms with E-state index >= 15 is 0 Å². The van der Waals surface area contributed by atoms with Gasteiger partial charge in [-0.1, -0.05) is 18.7 Å². The highest BCUT2D eigenvalue weighted by Gasteiger charge is 2.09. The minimum atomic E-state index is -2.52. The molecule has 0 heterocycles. The predicted octanol–water partition coefficient (Wildman–Crippen LogP) is -0.0177. The van der Waals surface area contributed by atoms with Gasteiger partial charge in [0.1, 0.15) is 6.42 Å². The van der Waals surface area contributed by atoms with Crippen molar-refractivity contribution < 1.29 is 14.8 Å². The molecule has 1 atom stereocenters. The molecule has 0 fully saturated rings. The zero-order valence-electron chi connectivity index (χ0n) is 5.57. The number of aliphatic carboxylic acids is 1. The molecular weight excluding hydrogens is 173 g/mol. The van der Waals surface area contributed by atoms with E-state index in [1.807, 2.05) is 0 Å². The number of carboxylic acid groups (broad SMARTS) is 1. The van der Waals surface area contributed by atoms with Crippen LogP contribution in [0.15, 0.2) is 0 Å². The Morgan fingerprint density at radius 2 is 2.30 bits per heavy atom. The Balaban J connectivity index is 3.68. The van der Waals surface area contributed by atoms with Gasteiger partial charge in [0.05, 0.1) is 6.54 Å². The van der Waals surface area contributed by atoms with Crippen LogP contribution >= 0.6 is 6.42 Å². The number of carboxylic acids is 1. The smallest absolute Gasteiger partial charge is 0.317 e. The first kappa shape index (κ1) is 10.0. The maximum atomic E-state index is 9.96. The zero-order chi connectivity index (χ0) is 8.20. The van der Waals surface area contributed by atoms with Crippen molar-refractivity contribution in [3.8, 4) is 0 Å². The molecule has 4 nitrogen and oxygen atoms in total. The van der Waals surface area contributed by atoms with Crippen molar-refractivity contribution in [2.24, 2.45) is 0 Å². The molecule has 0 bridgehead atoms. The van der Waals surface area contributed by atoms with E-state index in [0.717, 1.165) is 0 Å². The number of rotatable bonds is 4. The van der Waals surface area contributed by atoms with E-state index in [4.69, 9.17) is 10.00 Å². The number of nitrogens with one attached hydrogen (secondary N) is 1. The van der Waals surface area contributed by atoms with Crippen LogP contribution in [0, 0.1) is 0 Å². The molecule has 0 saturated heterocycles. The van der Waals surface area contributed by atoms with Crippen molar-refractivity contribution in [3.05, 3.63) is 0 Å². The quantitative estimate of drug-likeness (QED) is 0.534. The lowest BCUT2D eigenvalue weighted by molar-refractivity contribution is -0.135. The van der Waals surface area contributed by atoms with Gasteiger partial charge in [0, 0.05) is 6.16 Å². The van der Waals surface area contributed by atoms with Crippen LogP contribution in [0.5, 0.6) is 0 Å². The standard InChI is InChI=1S/C4H10NO3PS/c1-2-9(8,10)5-3-4(6)7/h2-3H2,1H3,(H,6,7)(H2,5,8,10). The van der Waals surface area contributed by atoms with E-state index in [2.05, 4.69) is 16.9 Å². The Hall–Kier alpha value is 0.0400. The molecule has 0 aromatic heterocycles. The highest BCUT2D eigenvalue weighted by atomic mass is 32.4. The van der Waals surface area contributed by atoms with E-state index in [9.17, 15) is 4.79 Å². The molecule has 0 aromatic carbocycles. The summed E-state index contributed by atoms with van der Waals surface area (Å²) in [5.74, 6) is -1.00. The van der Waals surface area contributed by atoms with E-state index in [1.165, 1.54) is 0 Å². The first-order valence-corrected chi connectivity index (χ1v) is 5.70. The molecule has 0 amide bonds. The van der Waals surface area contributed by atoms with Gasteiger partial charge in [-0.2, -0.15) is 0 Å². The summed E-state index contributed by atoms with van der Waals surface area (Å²) in [5, 5.41) is 10.6. The van der Waals surface area contributed by atoms with E-state index < -0.39 is 12.4 Å². The molecule has 0 spiro atoms. The monoisotopic (exact) mass is 183 g/mol. The van der Waals surface area contributed by atoms with Gasteiger partial charge in [0.25, 0.3) is 0 Å². The van der Waals surface area contributed by atoms with Gasteiger partial charge in [-0.05, 0) is 0 Å². The average Bonchev–Trinajstić information content (AvgIpc) is 1.85. The third-order valence-electron chi connectivity index (χ3n) is 0.906. The molecule has 0 aliphatic heterocycles. The van der Waals surface area contributed by atoms with Crippen molar-refractivity contribution in [3.63, 3.8) is 0 Å². The van der Waals surface area contributed by atoms with E-state index in [0.29, 0.717) is 6.16 Å². The maximum absolute atomic E-state index is 9.96. The van der Waals surface area contributed by atoms with Crippen molar-refractivity contribution in [2.75, 3.05) is 12.7 Å².